The highest BCUT2D eigenvalue weighted by Gasteiger charge is 2.19. The van der Waals surface area contributed by atoms with Crippen LogP contribution in [0.4, 0.5) is 0 Å². The molecule has 1 aliphatic heterocycles. The van der Waals surface area contributed by atoms with E-state index in [1.54, 1.807) is 0 Å². The first-order chi connectivity index (χ1) is 6.75. The Morgan fingerprint density at radius 3 is 2.93 bits per heavy atom. The van der Waals surface area contributed by atoms with Crippen LogP contribution in [0.2, 0.25) is 0 Å². The van der Waals surface area contributed by atoms with Crippen molar-refractivity contribution in [1.82, 2.24) is 5.32 Å². The Morgan fingerprint density at radius 2 is 2.21 bits per heavy atom. The fourth-order valence-corrected chi connectivity index (χ4v) is 2.99. The molecule has 76 valence electrons. The Balaban J connectivity index is 2.14. The van der Waals surface area contributed by atoms with E-state index in [4.69, 9.17) is 0 Å². The van der Waals surface area contributed by atoms with Crippen LogP contribution in [0.15, 0.2) is 24.3 Å². The Bertz CT molecular complexity index is 311. The SMILES string of the molecule is Cc1cccc(C2CSCC(C)N2)c1. The molecule has 1 aliphatic rings. The summed E-state index contributed by atoms with van der Waals surface area (Å²) < 4.78 is 0. The second kappa shape index (κ2) is 4.37. The smallest absolute Gasteiger partial charge is 0.0414 e. The summed E-state index contributed by atoms with van der Waals surface area (Å²) in [6, 6.07) is 10.0. The molecule has 14 heavy (non-hydrogen) atoms. The molecule has 2 heteroatoms. The van der Waals surface area contributed by atoms with Crippen molar-refractivity contribution >= 4 is 11.8 Å². The van der Waals surface area contributed by atoms with Crippen LogP contribution in [-0.2, 0) is 0 Å². The van der Waals surface area contributed by atoms with E-state index in [0.717, 1.165) is 0 Å². The topological polar surface area (TPSA) is 12.0 Å². The molecular formula is C12H17NS. The van der Waals surface area contributed by atoms with Gasteiger partial charge in [0.2, 0.25) is 0 Å². The summed E-state index contributed by atoms with van der Waals surface area (Å²) in [6.07, 6.45) is 0. The lowest BCUT2D eigenvalue weighted by atomic mass is 10.0. The quantitative estimate of drug-likeness (QED) is 0.760. The lowest BCUT2D eigenvalue weighted by Gasteiger charge is -2.28. The van der Waals surface area contributed by atoms with Crippen LogP contribution in [0.3, 0.4) is 0 Å². The molecule has 0 radical (unpaired) electrons. The monoisotopic (exact) mass is 207 g/mol. The first-order valence-electron chi connectivity index (χ1n) is 5.16. The summed E-state index contributed by atoms with van der Waals surface area (Å²) in [4.78, 5) is 0. The molecule has 2 unspecified atom stereocenters. The van der Waals surface area contributed by atoms with Gasteiger partial charge in [-0.3, -0.25) is 0 Å². The number of benzene rings is 1. The van der Waals surface area contributed by atoms with Gasteiger partial charge < -0.3 is 5.32 Å². The first-order valence-corrected chi connectivity index (χ1v) is 6.31. The van der Waals surface area contributed by atoms with E-state index in [1.807, 2.05) is 11.8 Å². The van der Waals surface area contributed by atoms with Crippen LogP contribution in [0.25, 0.3) is 0 Å². The zero-order valence-electron chi connectivity index (χ0n) is 8.79. The molecule has 1 heterocycles. The summed E-state index contributed by atoms with van der Waals surface area (Å²) in [5.74, 6) is 2.44. The number of hydrogen-bond donors (Lipinski definition) is 1. The summed E-state index contributed by atoms with van der Waals surface area (Å²) in [6.45, 7) is 4.41. The van der Waals surface area contributed by atoms with Gasteiger partial charge in [0.25, 0.3) is 0 Å². The van der Waals surface area contributed by atoms with Crippen molar-refractivity contribution in [1.29, 1.82) is 0 Å². The van der Waals surface area contributed by atoms with Crippen LogP contribution in [-0.4, -0.2) is 17.5 Å². The average molecular weight is 207 g/mol. The largest absolute Gasteiger partial charge is 0.306 e. The molecule has 2 atom stereocenters. The molecule has 0 spiro atoms. The highest BCUT2D eigenvalue weighted by Crippen LogP contribution is 2.24. The number of nitrogens with one attached hydrogen (secondary N) is 1. The minimum atomic E-state index is 0.545. The molecule has 1 aromatic carbocycles. The molecule has 1 aromatic rings. The summed E-state index contributed by atoms with van der Waals surface area (Å²) in [7, 11) is 0. The molecule has 1 saturated heterocycles. The van der Waals surface area contributed by atoms with E-state index in [-0.39, 0.29) is 0 Å². The van der Waals surface area contributed by atoms with Gasteiger partial charge in [-0.2, -0.15) is 11.8 Å². The highest BCUT2D eigenvalue weighted by atomic mass is 32.2. The van der Waals surface area contributed by atoms with Gasteiger partial charge in [-0.15, -0.1) is 0 Å². The predicted octanol–water partition coefficient (Wildman–Crippen LogP) is 2.76. The molecule has 1 nitrogen and oxygen atoms in total. The van der Waals surface area contributed by atoms with Gasteiger partial charge >= 0.3 is 0 Å². The van der Waals surface area contributed by atoms with E-state index in [9.17, 15) is 0 Å². The third-order valence-electron chi connectivity index (χ3n) is 2.58. The third kappa shape index (κ3) is 2.31. The number of thioether (sulfide) groups is 1. The Kier molecular flexibility index (Phi) is 3.14. The summed E-state index contributed by atoms with van der Waals surface area (Å²) in [5.41, 5.74) is 2.79. The van der Waals surface area contributed by atoms with Gasteiger partial charge in [-0.25, -0.2) is 0 Å². The van der Waals surface area contributed by atoms with Gasteiger partial charge in [-0.05, 0) is 19.4 Å². The number of aryl methyl sites for hydroxylation is 1. The van der Waals surface area contributed by atoms with Crippen molar-refractivity contribution in [2.24, 2.45) is 0 Å². The third-order valence-corrected chi connectivity index (χ3v) is 3.89. The van der Waals surface area contributed by atoms with E-state index in [0.29, 0.717) is 12.1 Å². The predicted molar refractivity (Wildman–Crippen MR) is 63.8 cm³/mol. The minimum absolute atomic E-state index is 0.545. The number of hydrogen-bond acceptors (Lipinski definition) is 2. The molecular weight excluding hydrogens is 190 g/mol. The molecule has 0 aromatic heterocycles. The average Bonchev–Trinajstić information content (AvgIpc) is 2.18. The van der Waals surface area contributed by atoms with Crippen molar-refractivity contribution < 1.29 is 0 Å². The van der Waals surface area contributed by atoms with Crippen molar-refractivity contribution in [2.45, 2.75) is 25.9 Å². The van der Waals surface area contributed by atoms with Gasteiger partial charge in [0, 0.05) is 23.6 Å². The van der Waals surface area contributed by atoms with Gasteiger partial charge in [-0.1, -0.05) is 29.8 Å². The zero-order valence-corrected chi connectivity index (χ0v) is 9.60. The van der Waals surface area contributed by atoms with Crippen LogP contribution >= 0.6 is 11.8 Å². The van der Waals surface area contributed by atoms with Crippen LogP contribution in [0, 0.1) is 6.92 Å². The Hall–Kier alpha value is -0.470. The molecule has 0 amide bonds. The normalized spacial score (nSPS) is 27.6. The van der Waals surface area contributed by atoms with Crippen molar-refractivity contribution in [3.8, 4) is 0 Å². The lowest BCUT2D eigenvalue weighted by molar-refractivity contribution is 0.502. The fourth-order valence-electron chi connectivity index (χ4n) is 1.88. The van der Waals surface area contributed by atoms with Crippen molar-refractivity contribution in [3.05, 3.63) is 35.4 Å². The van der Waals surface area contributed by atoms with Crippen molar-refractivity contribution in [2.75, 3.05) is 11.5 Å². The van der Waals surface area contributed by atoms with Crippen LogP contribution in [0.5, 0.6) is 0 Å². The van der Waals surface area contributed by atoms with Crippen LogP contribution in [0.1, 0.15) is 24.1 Å². The van der Waals surface area contributed by atoms with Crippen LogP contribution < -0.4 is 5.32 Å². The molecule has 0 aliphatic carbocycles. The van der Waals surface area contributed by atoms with E-state index < -0.39 is 0 Å². The van der Waals surface area contributed by atoms with E-state index in [2.05, 4.69) is 43.4 Å². The highest BCUT2D eigenvalue weighted by molar-refractivity contribution is 7.99. The maximum Gasteiger partial charge on any atom is 0.0414 e. The van der Waals surface area contributed by atoms with Crippen molar-refractivity contribution in [3.63, 3.8) is 0 Å². The fraction of sp³-hybridized carbons (Fsp3) is 0.500. The standard InChI is InChI=1S/C12H17NS/c1-9-4-3-5-11(6-9)12-8-14-7-10(2)13-12/h3-6,10,12-13H,7-8H2,1-2H3. The Morgan fingerprint density at radius 1 is 1.36 bits per heavy atom. The van der Waals surface area contributed by atoms with E-state index >= 15 is 0 Å². The first kappa shape index (κ1) is 10.1. The summed E-state index contributed by atoms with van der Waals surface area (Å²) >= 11 is 2.05. The maximum atomic E-state index is 3.64. The Labute approximate surface area is 90.3 Å². The lowest BCUT2D eigenvalue weighted by Crippen LogP contribution is -2.37. The summed E-state index contributed by atoms with van der Waals surface area (Å²) in [5, 5.41) is 3.64. The maximum absolute atomic E-state index is 3.64. The van der Waals surface area contributed by atoms with Gasteiger partial charge in [0.1, 0.15) is 0 Å². The second-order valence-electron chi connectivity index (χ2n) is 4.07. The van der Waals surface area contributed by atoms with Gasteiger partial charge in [0.15, 0.2) is 0 Å². The molecule has 1 fully saturated rings. The second-order valence-corrected chi connectivity index (χ2v) is 5.15. The molecule has 2 rings (SSSR count). The minimum Gasteiger partial charge on any atom is -0.306 e. The number of rotatable bonds is 1. The zero-order chi connectivity index (χ0) is 9.97. The molecule has 1 N–H and O–H groups in total. The molecule has 0 bridgehead atoms. The van der Waals surface area contributed by atoms with Gasteiger partial charge in [0.05, 0.1) is 0 Å². The van der Waals surface area contributed by atoms with E-state index in [1.165, 1.54) is 22.6 Å². The molecule has 0 saturated carbocycles.